The van der Waals surface area contributed by atoms with E-state index in [2.05, 4.69) is 17.2 Å². The molecule has 0 aromatic heterocycles. The Morgan fingerprint density at radius 2 is 2.03 bits per heavy atom. The minimum atomic E-state index is -0.399. The molecule has 2 aromatic carbocycles. The van der Waals surface area contributed by atoms with Crippen molar-refractivity contribution in [1.82, 2.24) is 5.32 Å². The van der Waals surface area contributed by atoms with Crippen molar-refractivity contribution < 1.29 is 19.1 Å². The number of ether oxygens (including phenoxy) is 2. The molecule has 2 aliphatic heterocycles. The Hall–Kier alpha value is -3.17. The maximum Gasteiger partial charge on any atom is 0.227 e. The summed E-state index contributed by atoms with van der Waals surface area (Å²) >= 11 is 5.90. The zero-order chi connectivity index (χ0) is 22.7. The number of anilines is 1. The molecule has 1 atom stereocenters. The van der Waals surface area contributed by atoms with Crippen LogP contribution in [0.15, 0.2) is 42.5 Å². The number of halogens is 1. The summed E-state index contributed by atoms with van der Waals surface area (Å²) in [6.07, 6.45) is 1.02. The Kier molecular flexibility index (Phi) is 6.29. The SMILES string of the molecule is CC1(C)Cc2cccc(OCC#CCNC(=O)C3CC(=O)N(c4ccc(Cl)cc4)C3)c2O1. The van der Waals surface area contributed by atoms with Crippen LogP contribution in [0.25, 0.3) is 0 Å². The number of hydrogen-bond acceptors (Lipinski definition) is 4. The summed E-state index contributed by atoms with van der Waals surface area (Å²) in [6, 6.07) is 12.9. The number of carbonyl (C=O) groups excluding carboxylic acids is 2. The highest BCUT2D eigenvalue weighted by atomic mass is 35.5. The first-order valence-electron chi connectivity index (χ1n) is 10.6. The van der Waals surface area contributed by atoms with Crippen LogP contribution >= 0.6 is 11.6 Å². The van der Waals surface area contributed by atoms with Gasteiger partial charge in [-0.2, -0.15) is 0 Å². The van der Waals surface area contributed by atoms with Crippen LogP contribution in [0.2, 0.25) is 5.02 Å². The van der Waals surface area contributed by atoms with Crippen LogP contribution < -0.4 is 19.7 Å². The molecule has 166 valence electrons. The van der Waals surface area contributed by atoms with Crippen LogP contribution in [0, 0.1) is 17.8 Å². The third kappa shape index (κ3) is 5.00. The van der Waals surface area contributed by atoms with E-state index < -0.39 is 5.92 Å². The van der Waals surface area contributed by atoms with Crippen molar-refractivity contribution >= 4 is 29.1 Å². The average Bonchev–Trinajstić information content (AvgIpc) is 3.29. The fourth-order valence-electron chi connectivity index (χ4n) is 3.96. The van der Waals surface area contributed by atoms with Crippen molar-refractivity contribution in [2.75, 3.05) is 24.6 Å². The Morgan fingerprint density at radius 3 is 2.81 bits per heavy atom. The summed E-state index contributed by atoms with van der Waals surface area (Å²) in [5, 5.41) is 3.39. The van der Waals surface area contributed by atoms with Crippen molar-refractivity contribution in [2.45, 2.75) is 32.3 Å². The predicted molar refractivity (Wildman–Crippen MR) is 123 cm³/mol. The van der Waals surface area contributed by atoms with Crippen LogP contribution in [-0.4, -0.2) is 37.1 Å². The molecule has 7 heteroatoms. The number of nitrogens with one attached hydrogen (secondary N) is 1. The van der Waals surface area contributed by atoms with E-state index in [0.717, 1.165) is 23.4 Å². The fraction of sp³-hybridized carbons (Fsp3) is 0.360. The summed E-state index contributed by atoms with van der Waals surface area (Å²) in [5.74, 6) is 6.61. The molecule has 1 saturated heterocycles. The van der Waals surface area contributed by atoms with Gasteiger partial charge in [0.25, 0.3) is 0 Å². The molecular weight excluding hydrogens is 428 g/mol. The van der Waals surface area contributed by atoms with Gasteiger partial charge in [0.15, 0.2) is 11.5 Å². The van der Waals surface area contributed by atoms with E-state index in [1.54, 1.807) is 29.2 Å². The standard InChI is InChI=1S/C25H25ClN2O4/c1-25(2)15-17-6-5-7-21(23(17)32-25)31-13-4-3-12-27-24(30)18-14-22(29)28(16-18)20-10-8-19(26)9-11-20/h5-11,18H,12-16H2,1-2H3,(H,27,30). The minimum absolute atomic E-state index is 0.0762. The van der Waals surface area contributed by atoms with Crippen LogP contribution in [-0.2, 0) is 16.0 Å². The highest BCUT2D eigenvalue weighted by Gasteiger charge is 2.35. The largest absolute Gasteiger partial charge is 0.483 e. The Bertz CT molecular complexity index is 1090. The molecule has 0 saturated carbocycles. The smallest absolute Gasteiger partial charge is 0.227 e. The summed E-state index contributed by atoms with van der Waals surface area (Å²) in [5.41, 5.74) is 1.64. The first-order valence-corrected chi connectivity index (χ1v) is 10.9. The first-order chi connectivity index (χ1) is 15.3. The number of hydrogen-bond donors (Lipinski definition) is 1. The zero-order valence-corrected chi connectivity index (χ0v) is 18.9. The molecule has 2 aromatic rings. The normalized spacial score (nSPS) is 18.4. The molecule has 1 N–H and O–H groups in total. The maximum absolute atomic E-state index is 12.4. The van der Waals surface area contributed by atoms with E-state index in [9.17, 15) is 9.59 Å². The molecule has 1 unspecified atom stereocenters. The number of carbonyl (C=O) groups is 2. The number of nitrogens with zero attached hydrogens (tertiary/aromatic N) is 1. The average molecular weight is 453 g/mol. The van der Waals surface area contributed by atoms with Gasteiger partial charge in [-0.1, -0.05) is 35.6 Å². The first kappa shape index (κ1) is 22.0. The topological polar surface area (TPSA) is 67.9 Å². The van der Waals surface area contributed by atoms with Gasteiger partial charge >= 0.3 is 0 Å². The second-order valence-corrected chi connectivity index (χ2v) is 8.96. The van der Waals surface area contributed by atoms with Gasteiger partial charge in [-0.3, -0.25) is 9.59 Å². The second kappa shape index (κ2) is 9.13. The Balaban J connectivity index is 1.23. The monoisotopic (exact) mass is 452 g/mol. The molecule has 6 nitrogen and oxygen atoms in total. The Labute approximate surface area is 192 Å². The van der Waals surface area contributed by atoms with Gasteiger partial charge in [-0.15, -0.1) is 0 Å². The van der Waals surface area contributed by atoms with Gasteiger partial charge in [-0.05, 0) is 44.2 Å². The molecule has 2 amide bonds. The molecule has 0 bridgehead atoms. The second-order valence-electron chi connectivity index (χ2n) is 8.52. The summed E-state index contributed by atoms with van der Waals surface area (Å²) in [4.78, 5) is 26.4. The highest BCUT2D eigenvalue weighted by molar-refractivity contribution is 6.30. The lowest BCUT2D eigenvalue weighted by molar-refractivity contribution is -0.126. The zero-order valence-electron chi connectivity index (χ0n) is 18.1. The number of rotatable bonds is 5. The van der Waals surface area contributed by atoms with E-state index >= 15 is 0 Å². The third-order valence-electron chi connectivity index (χ3n) is 5.46. The maximum atomic E-state index is 12.4. The van der Waals surface area contributed by atoms with Gasteiger partial charge in [0, 0.05) is 35.7 Å². The van der Waals surface area contributed by atoms with Gasteiger partial charge in [0.1, 0.15) is 12.2 Å². The Morgan fingerprint density at radius 1 is 1.25 bits per heavy atom. The number of amides is 2. The predicted octanol–water partition coefficient (Wildman–Crippen LogP) is 3.61. The van der Waals surface area contributed by atoms with Crippen molar-refractivity contribution in [3.63, 3.8) is 0 Å². The van der Waals surface area contributed by atoms with Crippen molar-refractivity contribution in [3.05, 3.63) is 53.1 Å². The summed E-state index contributed by atoms with van der Waals surface area (Å²) in [6.45, 7) is 4.84. The van der Waals surface area contributed by atoms with Gasteiger partial charge in [0.05, 0.1) is 12.5 Å². The third-order valence-corrected chi connectivity index (χ3v) is 5.72. The van der Waals surface area contributed by atoms with Crippen LogP contribution in [0.4, 0.5) is 5.69 Å². The minimum Gasteiger partial charge on any atom is -0.483 e. The molecule has 2 aliphatic rings. The van der Waals surface area contributed by atoms with Crippen molar-refractivity contribution in [3.8, 4) is 23.3 Å². The van der Waals surface area contributed by atoms with E-state index in [1.807, 2.05) is 32.0 Å². The quantitative estimate of drug-likeness (QED) is 0.704. The van der Waals surface area contributed by atoms with Gasteiger partial charge in [-0.25, -0.2) is 0 Å². The van der Waals surface area contributed by atoms with E-state index in [1.165, 1.54) is 0 Å². The number of fused-ring (bicyclic) bond motifs is 1. The summed E-state index contributed by atoms with van der Waals surface area (Å²) in [7, 11) is 0. The lowest BCUT2D eigenvalue weighted by atomic mass is 10.0. The molecule has 4 rings (SSSR count). The van der Waals surface area contributed by atoms with Crippen molar-refractivity contribution in [2.24, 2.45) is 5.92 Å². The van der Waals surface area contributed by atoms with Crippen LogP contribution in [0.1, 0.15) is 25.8 Å². The van der Waals surface area contributed by atoms with Crippen LogP contribution in [0.3, 0.4) is 0 Å². The molecule has 2 heterocycles. The van der Waals surface area contributed by atoms with E-state index in [0.29, 0.717) is 17.3 Å². The molecule has 0 aliphatic carbocycles. The number of para-hydroxylation sites is 1. The number of benzene rings is 2. The van der Waals surface area contributed by atoms with Gasteiger partial charge in [0.2, 0.25) is 11.8 Å². The van der Waals surface area contributed by atoms with Gasteiger partial charge < -0.3 is 19.7 Å². The van der Waals surface area contributed by atoms with Crippen LogP contribution in [0.5, 0.6) is 11.5 Å². The molecule has 32 heavy (non-hydrogen) atoms. The van der Waals surface area contributed by atoms with Crippen molar-refractivity contribution in [1.29, 1.82) is 0 Å². The molecule has 0 spiro atoms. The van der Waals surface area contributed by atoms with E-state index in [4.69, 9.17) is 21.1 Å². The lowest BCUT2D eigenvalue weighted by Crippen LogP contribution is -2.33. The van der Waals surface area contributed by atoms with E-state index in [-0.39, 0.29) is 37.0 Å². The molecule has 0 radical (unpaired) electrons. The highest BCUT2D eigenvalue weighted by Crippen LogP contribution is 2.41. The summed E-state index contributed by atoms with van der Waals surface area (Å²) < 4.78 is 11.7. The fourth-order valence-corrected chi connectivity index (χ4v) is 4.08. The molecular formula is C25H25ClN2O4. The molecule has 1 fully saturated rings. The lowest BCUT2D eigenvalue weighted by Gasteiger charge is -2.17.